The second kappa shape index (κ2) is 3.52. The van der Waals surface area contributed by atoms with Gasteiger partial charge in [0.15, 0.2) is 0 Å². The summed E-state index contributed by atoms with van der Waals surface area (Å²) in [6, 6.07) is 0.542. The van der Waals surface area contributed by atoms with E-state index in [0.29, 0.717) is 6.04 Å². The highest BCUT2D eigenvalue weighted by molar-refractivity contribution is 4.80. The predicted molar refractivity (Wildman–Crippen MR) is 45.3 cm³/mol. The van der Waals surface area contributed by atoms with Crippen molar-refractivity contribution in [3.8, 4) is 0 Å². The molecule has 3 heteroatoms. The van der Waals surface area contributed by atoms with Crippen LogP contribution in [0.2, 0.25) is 0 Å². The maximum atomic E-state index is 9.27. The molecule has 0 saturated carbocycles. The van der Waals surface area contributed by atoms with E-state index in [2.05, 4.69) is 11.9 Å². The number of rotatable bonds is 2. The summed E-state index contributed by atoms with van der Waals surface area (Å²) < 4.78 is 0. The number of aliphatic hydroxyl groups excluding tert-OH is 1. The Balaban J connectivity index is 2.36. The third kappa shape index (κ3) is 2.15. The van der Waals surface area contributed by atoms with Crippen LogP contribution < -0.4 is 0 Å². The molecular formula is C8H18N2O. The molecular weight excluding hydrogens is 140 g/mol. The van der Waals surface area contributed by atoms with E-state index in [-0.39, 0.29) is 6.23 Å². The summed E-state index contributed by atoms with van der Waals surface area (Å²) in [7, 11) is 4.10. The average molecular weight is 158 g/mol. The van der Waals surface area contributed by atoms with Gasteiger partial charge in [0.05, 0.1) is 0 Å². The molecule has 1 heterocycles. The Kier molecular flexibility index (Phi) is 2.87. The van der Waals surface area contributed by atoms with Gasteiger partial charge in [-0.3, -0.25) is 4.90 Å². The van der Waals surface area contributed by atoms with Gasteiger partial charge in [-0.1, -0.05) is 0 Å². The van der Waals surface area contributed by atoms with Crippen molar-refractivity contribution in [2.24, 2.45) is 0 Å². The van der Waals surface area contributed by atoms with Gasteiger partial charge in [0.1, 0.15) is 6.23 Å². The van der Waals surface area contributed by atoms with E-state index in [4.69, 9.17) is 0 Å². The zero-order chi connectivity index (χ0) is 8.43. The highest BCUT2D eigenvalue weighted by Crippen LogP contribution is 2.13. The Morgan fingerprint density at radius 3 is 2.64 bits per heavy atom. The molecule has 1 aliphatic rings. The molecule has 0 spiro atoms. The van der Waals surface area contributed by atoms with Crippen molar-refractivity contribution in [1.82, 2.24) is 9.80 Å². The van der Waals surface area contributed by atoms with Crippen molar-refractivity contribution >= 4 is 0 Å². The van der Waals surface area contributed by atoms with Crippen molar-refractivity contribution in [3.05, 3.63) is 0 Å². The van der Waals surface area contributed by atoms with E-state index in [1.807, 2.05) is 18.9 Å². The number of nitrogens with zero attached hydrogens (tertiary/aromatic N) is 2. The molecule has 11 heavy (non-hydrogen) atoms. The van der Waals surface area contributed by atoms with Crippen LogP contribution in [0.5, 0.6) is 0 Å². The lowest BCUT2D eigenvalue weighted by Crippen LogP contribution is -2.39. The second-order valence-electron chi connectivity index (χ2n) is 3.50. The fourth-order valence-corrected chi connectivity index (χ4v) is 1.55. The Bertz CT molecular complexity index is 127. The van der Waals surface area contributed by atoms with Crippen molar-refractivity contribution in [2.75, 3.05) is 27.2 Å². The van der Waals surface area contributed by atoms with Crippen molar-refractivity contribution in [2.45, 2.75) is 25.6 Å². The molecule has 0 aromatic carbocycles. The van der Waals surface area contributed by atoms with Gasteiger partial charge >= 0.3 is 0 Å². The van der Waals surface area contributed by atoms with Crippen LogP contribution in [0.3, 0.4) is 0 Å². The third-order valence-corrected chi connectivity index (χ3v) is 2.53. The van der Waals surface area contributed by atoms with E-state index in [9.17, 15) is 5.11 Å². The van der Waals surface area contributed by atoms with Gasteiger partial charge in [-0.05, 0) is 34.0 Å². The van der Waals surface area contributed by atoms with Gasteiger partial charge < -0.3 is 10.0 Å². The van der Waals surface area contributed by atoms with Crippen LogP contribution in [0.1, 0.15) is 13.3 Å². The Morgan fingerprint density at radius 1 is 1.64 bits per heavy atom. The third-order valence-electron chi connectivity index (χ3n) is 2.53. The molecule has 1 rings (SSSR count). The van der Waals surface area contributed by atoms with Gasteiger partial charge in [-0.15, -0.1) is 0 Å². The lowest BCUT2D eigenvalue weighted by Gasteiger charge is -2.26. The molecule has 0 bridgehead atoms. The van der Waals surface area contributed by atoms with Gasteiger partial charge in [0.2, 0.25) is 0 Å². The first kappa shape index (κ1) is 8.97. The summed E-state index contributed by atoms with van der Waals surface area (Å²) >= 11 is 0. The summed E-state index contributed by atoms with van der Waals surface area (Å²) in [5.74, 6) is 0. The molecule has 0 aromatic rings. The maximum absolute atomic E-state index is 9.27. The van der Waals surface area contributed by atoms with Crippen LogP contribution in [0.4, 0.5) is 0 Å². The van der Waals surface area contributed by atoms with Crippen LogP contribution in [0.25, 0.3) is 0 Å². The molecule has 66 valence electrons. The minimum Gasteiger partial charge on any atom is -0.379 e. The lowest BCUT2D eigenvalue weighted by atomic mass is 10.2. The second-order valence-corrected chi connectivity index (χ2v) is 3.50. The summed E-state index contributed by atoms with van der Waals surface area (Å²) in [4.78, 5) is 4.33. The Morgan fingerprint density at radius 2 is 2.27 bits per heavy atom. The van der Waals surface area contributed by atoms with E-state index in [1.165, 1.54) is 6.42 Å². The zero-order valence-corrected chi connectivity index (χ0v) is 7.62. The highest BCUT2D eigenvalue weighted by atomic mass is 16.3. The quantitative estimate of drug-likeness (QED) is 0.571. The summed E-state index contributed by atoms with van der Waals surface area (Å²) in [6.45, 7) is 4.06. The fourth-order valence-electron chi connectivity index (χ4n) is 1.55. The van der Waals surface area contributed by atoms with Crippen LogP contribution in [0.15, 0.2) is 0 Å². The normalized spacial score (nSPS) is 29.7. The number of hydrogen-bond acceptors (Lipinski definition) is 3. The summed E-state index contributed by atoms with van der Waals surface area (Å²) in [5, 5.41) is 9.27. The van der Waals surface area contributed by atoms with Crippen LogP contribution in [0, 0.1) is 0 Å². The lowest BCUT2D eigenvalue weighted by molar-refractivity contribution is 0.0116. The zero-order valence-electron chi connectivity index (χ0n) is 7.62. The topological polar surface area (TPSA) is 26.7 Å². The molecule has 0 radical (unpaired) electrons. The minimum atomic E-state index is -0.313. The van der Waals surface area contributed by atoms with E-state index < -0.39 is 0 Å². The van der Waals surface area contributed by atoms with Gasteiger partial charge in [0.25, 0.3) is 0 Å². The van der Waals surface area contributed by atoms with E-state index in [0.717, 1.165) is 13.1 Å². The molecule has 1 fully saturated rings. The van der Waals surface area contributed by atoms with Crippen molar-refractivity contribution in [3.63, 3.8) is 0 Å². The van der Waals surface area contributed by atoms with Crippen LogP contribution in [-0.2, 0) is 0 Å². The largest absolute Gasteiger partial charge is 0.379 e. The van der Waals surface area contributed by atoms with Crippen molar-refractivity contribution in [1.29, 1.82) is 0 Å². The molecule has 0 aromatic heterocycles. The summed E-state index contributed by atoms with van der Waals surface area (Å²) in [5.41, 5.74) is 0. The smallest absolute Gasteiger partial charge is 0.104 e. The van der Waals surface area contributed by atoms with Crippen LogP contribution >= 0.6 is 0 Å². The van der Waals surface area contributed by atoms with E-state index in [1.54, 1.807) is 0 Å². The van der Waals surface area contributed by atoms with Gasteiger partial charge in [-0.2, -0.15) is 0 Å². The molecule has 0 aliphatic carbocycles. The molecule has 2 unspecified atom stereocenters. The van der Waals surface area contributed by atoms with Crippen LogP contribution in [-0.4, -0.2) is 54.4 Å². The van der Waals surface area contributed by atoms with Gasteiger partial charge in [-0.25, -0.2) is 0 Å². The molecule has 1 saturated heterocycles. The number of aliphatic hydroxyl groups is 1. The fraction of sp³-hybridized carbons (Fsp3) is 1.00. The Labute approximate surface area is 68.6 Å². The molecule has 2 atom stereocenters. The van der Waals surface area contributed by atoms with Gasteiger partial charge in [0, 0.05) is 12.6 Å². The molecule has 0 amide bonds. The monoisotopic (exact) mass is 158 g/mol. The molecule has 1 aliphatic heterocycles. The summed E-state index contributed by atoms with van der Waals surface area (Å²) in [6.07, 6.45) is 0.865. The maximum Gasteiger partial charge on any atom is 0.104 e. The average Bonchev–Trinajstić information content (AvgIpc) is 2.34. The van der Waals surface area contributed by atoms with Crippen molar-refractivity contribution < 1.29 is 5.11 Å². The first-order valence-corrected chi connectivity index (χ1v) is 4.20. The first-order chi connectivity index (χ1) is 5.11. The molecule has 3 nitrogen and oxygen atoms in total. The van der Waals surface area contributed by atoms with E-state index >= 15 is 0 Å². The number of likely N-dealkylation sites (N-methyl/N-ethyl adjacent to an activating group) is 2. The predicted octanol–water partition coefficient (Wildman–Crippen LogP) is -0.0394. The first-order valence-electron chi connectivity index (χ1n) is 4.20. The highest BCUT2D eigenvalue weighted by Gasteiger charge is 2.24. The number of hydrogen-bond donors (Lipinski definition) is 1. The standard InChI is InChI=1S/C8H18N2O/c1-7(11)10(3)8-4-5-9(2)6-8/h7-8,11H,4-6H2,1-3H3. The molecule has 1 N–H and O–H groups in total. The minimum absolute atomic E-state index is 0.313. The number of likely N-dealkylation sites (tertiary alicyclic amines) is 1. The SMILES string of the molecule is CC(O)N(C)C1CCN(C)C1. The Hall–Kier alpha value is -0.120.